The van der Waals surface area contributed by atoms with Crippen molar-refractivity contribution >= 4 is 35.8 Å². The number of rotatable bonds is 7. The molecule has 1 aromatic carbocycles. The minimum Gasteiger partial charge on any atom is -0.378 e. The van der Waals surface area contributed by atoms with Gasteiger partial charge in [0.2, 0.25) is 5.91 Å². The van der Waals surface area contributed by atoms with Gasteiger partial charge in [0.25, 0.3) is 5.91 Å². The van der Waals surface area contributed by atoms with Crippen LogP contribution in [0.5, 0.6) is 0 Å². The van der Waals surface area contributed by atoms with Crippen LogP contribution in [-0.4, -0.2) is 43.2 Å². The first-order valence-electron chi connectivity index (χ1n) is 8.45. The second-order valence-corrected chi connectivity index (χ2v) is 7.24. The van der Waals surface area contributed by atoms with Gasteiger partial charge in [0.15, 0.2) is 0 Å². The van der Waals surface area contributed by atoms with Crippen LogP contribution in [0.25, 0.3) is 0 Å². The molecular formula is C18H27Cl2N3O3. The second kappa shape index (κ2) is 9.04. The van der Waals surface area contributed by atoms with Crippen molar-refractivity contribution in [1.29, 1.82) is 0 Å². The fraction of sp³-hybridized carbons (Fsp3) is 0.556. The molecule has 0 aliphatic heterocycles. The summed E-state index contributed by atoms with van der Waals surface area (Å²) in [5.41, 5.74) is 5.31. The van der Waals surface area contributed by atoms with Crippen molar-refractivity contribution < 1.29 is 14.3 Å². The number of hydrogen-bond donors (Lipinski definition) is 3. The third-order valence-corrected chi connectivity index (χ3v) is 5.38. The van der Waals surface area contributed by atoms with Crippen molar-refractivity contribution in [3.8, 4) is 0 Å². The molecule has 4 N–H and O–H groups in total. The van der Waals surface area contributed by atoms with Crippen molar-refractivity contribution in [3.05, 3.63) is 34.9 Å². The lowest BCUT2D eigenvalue weighted by molar-refractivity contribution is -0.170. The Bertz CT molecular complexity index is 654. The molecule has 1 fully saturated rings. The number of carbonyl (C=O) groups excluding carboxylic acids is 2. The van der Waals surface area contributed by atoms with E-state index in [-0.39, 0.29) is 30.3 Å². The van der Waals surface area contributed by atoms with E-state index in [0.29, 0.717) is 36.7 Å². The highest BCUT2D eigenvalue weighted by molar-refractivity contribution is 6.33. The summed E-state index contributed by atoms with van der Waals surface area (Å²) in [5, 5.41) is 5.92. The molecule has 2 rings (SSSR count). The first kappa shape index (κ1) is 22.7. The Balaban J connectivity index is 0.00000338. The molecule has 2 unspecified atom stereocenters. The van der Waals surface area contributed by atoms with Crippen LogP contribution in [0.4, 0.5) is 0 Å². The number of carbonyl (C=O) groups is 2. The van der Waals surface area contributed by atoms with E-state index < -0.39 is 11.0 Å². The quantitative estimate of drug-likeness (QED) is 0.607. The molecule has 0 heterocycles. The topological polar surface area (TPSA) is 93.4 Å². The predicted octanol–water partition coefficient (Wildman–Crippen LogP) is 2.14. The monoisotopic (exact) mass is 403 g/mol. The fourth-order valence-corrected chi connectivity index (χ4v) is 3.29. The lowest BCUT2D eigenvalue weighted by Crippen LogP contribution is -2.75. The zero-order chi connectivity index (χ0) is 18.7. The van der Waals surface area contributed by atoms with Crippen LogP contribution in [0.1, 0.15) is 37.6 Å². The number of amides is 2. The van der Waals surface area contributed by atoms with Gasteiger partial charge in [-0.05, 0) is 19.1 Å². The van der Waals surface area contributed by atoms with Crippen LogP contribution < -0.4 is 16.4 Å². The van der Waals surface area contributed by atoms with E-state index in [1.54, 1.807) is 24.3 Å². The Morgan fingerprint density at radius 1 is 1.27 bits per heavy atom. The third kappa shape index (κ3) is 4.31. The maximum Gasteiger partial charge on any atom is 0.252 e. The summed E-state index contributed by atoms with van der Waals surface area (Å²) in [6.07, 6.45) is 0.472. The average Bonchev–Trinajstić information content (AvgIpc) is 2.58. The molecule has 26 heavy (non-hydrogen) atoms. The highest BCUT2D eigenvalue weighted by Gasteiger charge is 2.62. The standard InChI is InChI=1S/C18H26ClN3O3.ClH/c1-4-25-14-11-18(20,17(14,2)3)16(24)22-10-9-21-15(23)12-7-5-6-8-13(12)19;/h5-8,14H,4,9-11,20H2,1-3H3,(H,21,23)(H,22,24);1H. The first-order valence-corrected chi connectivity index (χ1v) is 8.83. The Morgan fingerprint density at radius 3 is 2.46 bits per heavy atom. The number of benzene rings is 1. The van der Waals surface area contributed by atoms with Gasteiger partial charge in [0.1, 0.15) is 5.54 Å². The second-order valence-electron chi connectivity index (χ2n) is 6.83. The molecule has 0 saturated heterocycles. The van der Waals surface area contributed by atoms with Gasteiger partial charge in [-0.1, -0.05) is 37.6 Å². The van der Waals surface area contributed by atoms with Crippen LogP contribution >= 0.6 is 24.0 Å². The van der Waals surface area contributed by atoms with E-state index in [2.05, 4.69) is 10.6 Å². The zero-order valence-electron chi connectivity index (χ0n) is 15.3. The van der Waals surface area contributed by atoms with Crippen LogP contribution in [0.15, 0.2) is 24.3 Å². The van der Waals surface area contributed by atoms with E-state index in [1.807, 2.05) is 20.8 Å². The molecular weight excluding hydrogens is 377 g/mol. The molecule has 1 aromatic rings. The molecule has 6 nitrogen and oxygen atoms in total. The van der Waals surface area contributed by atoms with E-state index >= 15 is 0 Å². The van der Waals surface area contributed by atoms with Crippen molar-refractivity contribution in [2.45, 2.75) is 38.8 Å². The van der Waals surface area contributed by atoms with Crippen LogP contribution in [0.3, 0.4) is 0 Å². The summed E-state index contributed by atoms with van der Waals surface area (Å²) in [6.45, 7) is 6.99. The molecule has 1 aliphatic rings. The third-order valence-electron chi connectivity index (χ3n) is 5.05. The molecule has 0 spiro atoms. The van der Waals surface area contributed by atoms with Crippen LogP contribution in [0, 0.1) is 5.41 Å². The zero-order valence-corrected chi connectivity index (χ0v) is 16.9. The molecule has 0 bridgehead atoms. The molecule has 1 aliphatic carbocycles. The molecule has 2 atom stereocenters. The van der Waals surface area contributed by atoms with Gasteiger partial charge < -0.3 is 21.1 Å². The van der Waals surface area contributed by atoms with Gasteiger partial charge in [-0.2, -0.15) is 0 Å². The molecule has 0 aromatic heterocycles. The predicted molar refractivity (Wildman–Crippen MR) is 105 cm³/mol. The minimum absolute atomic E-state index is 0. The average molecular weight is 404 g/mol. The summed E-state index contributed by atoms with van der Waals surface area (Å²) in [7, 11) is 0. The summed E-state index contributed by atoms with van der Waals surface area (Å²) in [4.78, 5) is 24.5. The highest BCUT2D eigenvalue weighted by atomic mass is 35.5. The van der Waals surface area contributed by atoms with Gasteiger partial charge in [-0.3, -0.25) is 9.59 Å². The summed E-state index contributed by atoms with van der Waals surface area (Å²) in [5.74, 6) is -0.497. The Kier molecular flexibility index (Phi) is 7.89. The summed E-state index contributed by atoms with van der Waals surface area (Å²) >= 11 is 5.98. The fourth-order valence-electron chi connectivity index (χ4n) is 3.07. The lowest BCUT2D eigenvalue weighted by Gasteiger charge is -2.57. The maximum atomic E-state index is 12.5. The van der Waals surface area contributed by atoms with E-state index in [9.17, 15) is 9.59 Å². The van der Waals surface area contributed by atoms with Gasteiger partial charge in [-0.15, -0.1) is 12.4 Å². The van der Waals surface area contributed by atoms with Crippen LogP contribution in [-0.2, 0) is 9.53 Å². The maximum absolute atomic E-state index is 12.5. The van der Waals surface area contributed by atoms with Gasteiger partial charge in [-0.25, -0.2) is 0 Å². The first-order chi connectivity index (χ1) is 11.7. The Morgan fingerprint density at radius 2 is 1.88 bits per heavy atom. The highest BCUT2D eigenvalue weighted by Crippen LogP contribution is 2.49. The van der Waals surface area contributed by atoms with Crippen LogP contribution in [0.2, 0.25) is 5.02 Å². The summed E-state index contributed by atoms with van der Waals surface area (Å²) < 4.78 is 5.63. The van der Waals surface area contributed by atoms with E-state index in [0.717, 1.165) is 0 Å². The number of nitrogens with one attached hydrogen (secondary N) is 2. The Hall–Kier alpha value is -1.34. The Labute approximate surface area is 165 Å². The molecule has 146 valence electrons. The van der Waals surface area contributed by atoms with E-state index in [4.69, 9.17) is 22.1 Å². The SMILES string of the molecule is CCOC1CC(N)(C(=O)NCCNC(=O)c2ccccc2Cl)C1(C)C.Cl. The summed E-state index contributed by atoms with van der Waals surface area (Å²) in [6, 6.07) is 6.81. The lowest BCUT2D eigenvalue weighted by atomic mass is 9.54. The van der Waals surface area contributed by atoms with Crippen molar-refractivity contribution in [2.75, 3.05) is 19.7 Å². The van der Waals surface area contributed by atoms with E-state index in [1.165, 1.54) is 0 Å². The minimum atomic E-state index is -0.959. The number of halogens is 2. The number of ether oxygens (including phenoxy) is 1. The van der Waals surface area contributed by atoms with Gasteiger partial charge in [0, 0.05) is 31.5 Å². The van der Waals surface area contributed by atoms with Crippen molar-refractivity contribution in [2.24, 2.45) is 11.1 Å². The largest absolute Gasteiger partial charge is 0.378 e. The van der Waals surface area contributed by atoms with Gasteiger partial charge >= 0.3 is 0 Å². The molecule has 1 saturated carbocycles. The molecule has 2 amide bonds. The normalized spacial score (nSPS) is 23.3. The molecule has 0 radical (unpaired) electrons. The number of nitrogens with two attached hydrogens (primary N) is 1. The van der Waals surface area contributed by atoms with Crippen molar-refractivity contribution in [1.82, 2.24) is 10.6 Å². The van der Waals surface area contributed by atoms with Crippen molar-refractivity contribution in [3.63, 3.8) is 0 Å². The smallest absolute Gasteiger partial charge is 0.252 e. The van der Waals surface area contributed by atoms with Gasteiger partial charge in [0.05, 0.1) is 16.7 Å². The molecule has 8 heteroatoms. The number of hydrogen-bond acceptors (Lipinski definition) is 4.